The number of nitrogens with one attached hydrogen (secondary N) is 1. The second-order valence-corrected chi connectivity index (χ2v) is 6.42. The summed E-state index contributed by atoms with van der Waals surface area (Å²) < 4.78 is 52.6. The van der Waals surface area contributed by atoms with Gasteiger partial charge in [-0.3, -0.25) is 4.90 Å². The number of alkyl halides is 3. The predicted octanol–water partition coefficient (Wildman–Crippen LogP) is 4.32. The Kier molecular flexibility index (Phi) is 6.25. The monoisotopic (exact) mass is 380 g/mol. The average molecular weight is 381 g/mol. The first kappa shape index (κ1) is 19.2. The molecule has 0 radical (unpaired) electrons. The molecule has 0 spiro atoms. The van der Waals surface area contributed by atoms with Gasteiger partial charge in [0.15, 0.2) is 0 Å². The molecule has 1 aromatic carbocycles. The molecule has 0 unspecified atom stereocenters. The molecule has 1 fully saturated rings. The topological polar surface area (TPSA) is 15.3 Å². The Morgan fingerprint density at radius 3 is 2.42 bits per heavy atom. The van der Waals surface area contributed by atoms with Crippen LogP contribution >= 0.6 is 23.7 Å². The highest BCUT2D eigenvalue weighted by Crippen LogP contribution is 2.37. The third-order valence-corrected chi connectivity index (χ3v) is 4.87. The van der Waals surface area contributed by atoms with Gasteiger partial charge in [-0.05, 0) is 29.1 Å². The standard InChI is InChI=1S/C16H16F4N2S.ClH/c17-13-4-3-11(10-12(13)16(18,19)20)15(14-2-1-9-23-14)22-7-5-21-6-8-22;/h1-4,9-10,15,21H,5-8H2;1H/t15-;/m0./s1. The van der Waals surface area contributed by atoms with Crippen LogP contribution in [0.25, 0.3) is 0 Å². The number of halogens is 5. The van der Waals surface area contributed by atoms with Crippen molar-refractivity contribution in [2.24, 2.45) is 0 Å². The van der Waals surface area contributed by atoms with E-state index < -0.39 is 17.6 Å². The molecule has 2 nitrogen and oxygen atoms in total. The van der Waals surface area contributed by atoms with Gasteiger partial charge in [0.25, 0.3) is 0 Å². The lowest BCUT2D eigenvalue weighted by molar-refractivity contribution is -0.140. The molecule has 0 bridgehead atoms. The molecule has 0 amide bonds. The van der Waals surface area contributed by atoms with Crippen LogP contribution in [0.4, 0.5) is 17.6 Å². The molecule has 3 rings (SSSR count). The molecule has 1 aliphatic rings. The molecular weight excluding hydrogens is 364 g/mol. The number of hydrogen-bond acceptors (Lipinski definition) is 3. The third kappa shape index (κ3) is 4.08. The summed E-state index contributed by atoms with van der Waals surface area (Å²) in [5.41, 5.74) is -0.727. The number of hydrogen-bond donors (Lipinski definition) is 1. The number of benzene rings is 1. The Morgan fingerprint density at radius 1 is 1.12 bits per heavy atom. The average Bonchev–Trinajstić information content (AvgIpc) is 3.03. The van der Waals surface area contributed by atoms with Gasteiger partial charge < -0.3 is 5.32 Å². The maximum atomic E-state index is 13.6. The Bertz CT molecular complexity index is 655. The van der Waals surface area contributed by atoms with Gasteiger partial charge in [0.05, 0.1) is 11.6 Å². The maximum absolute atomic E-state index is 13.6. The van der Waals surface area contributed by atoms with Crippen LogP contribution < -0.4 is 5.32 Å². The lowest BCUT2D eigenvalue weighted by Gasteiger charge is -2.35. The lowest BCUT2D eigenvalue weighted by atomic mass is 9.99. The predicted molar refractivity (Wildman–Crippen MR) is 89.3 cm³/mol. The molecule has 1 aromatic heterocycles. The molecule has 2 aromatic rings. The summed E-state index contributed by atoms with van der Waals surface area (Å²) in [6.07, 6.45) is -4.69. The quantitative estimate of drug-likeness (QED) is 0.798. The summed E-state index contributed by atoms with van der Waals surface area (Å²) in [7, 11) is 0. The van der Waals surface area contributed by atoms with Gasteiger partial charge in [0, 0.05) is 31.1 Å². The summed E-state index contributed by atoms with van der Waals surface area (Å²) in [6.45, 7) is 3.05. The van der Waals surface area contributed by atoms with Gasteiger partial charge in [-0.15, -0.1) is 23.7 Å². The molecule has 0 saturated carbocycles. The van der Waals surface area contributed by atoms with Crippen molar-refractivity contribution in [2.45, 2.75) is 12.2 Å². The van der Waals surface area contributed by atoms with Gasteiger partial charge in [0.1, 0.15) is 5.82 Å². The van der Waals surface area contributed by atoms with Crippen LogP contribution in [-0.4, -0.2) is 31.1 Å². The fourth-order valence-corrected chi connectivity index (χ4v) is 3.76. The van der Waals surface area contributed by atoms with Crippen molar-refractivity contribution < 1.29 is 17.6 Å². The zero-order valence-electron chi connectivity index (χ0n) is 12.6. The molecule has 24 heavy (non-hydrogen) atoms. The van der Waals surface area contributed by atoms with Gasteiger partial charge in [-0.25, -0.2) is 4.39 Å². The first-order valence-corrected chi connectivity index (χ1v) is 8.19. The van der Waals surface area contributed by atoms with E-state index in [1.54, 1.807) is 0 Å². The highest BCUT2D eigenvalue weighted by Gasteiger charge is 2.35. The van der Waals surface area contributed by atoms with Crippen LogP contribution in [-0.2, 0) is 6.18 Å². The van der Waals surface area contributed by atoms with Crippen LogP contribution in [0.5, 0.6) is 0 Å². The van der Waals surface area contributed by atoms with E-state index in [-0.39, 0.29) is 18.4 Å². The van der Waals surface area contributed by atoms with E-state index in [2.05, 4.69) is 10.2 Å². The van der Waals surface area contributed by atoms with Crippen molar-refractivity contribution in [1.82, 2.24) is 10.2 Å². The summed E-state index contributed by atoms with van der Waals surface area (Å²) in [5, 5.41) is 5.13. The molecule has 1 aliphatic heterocycles. The van der Waals surface area contributed by atoms with E-state index in [0.29, 0.717) is 5.56 Å². The molecule has 2 heterocycles. The number of nitrogens with zero attached hydrogens (tertiary/aromatic N) is 1. The zero-order chi connectivity index (χ0) is 16.4. The fourth-order valence-electron chi connectivity index (χ4n) is 2.87. The lowest BCUT2D eigenvalue weighted by Crippen LogP contribution is -2.45. The van der Waals surface area contributed by atoms with Crippen LogP contribution in [0.1, 0.15) is 22.0 Å². The Labute approximate surface area is 147 Å². The molecular formula is C16H17ClF4N2S. The molecule has 1 atom stereocenters. The van der Waals surface area contributed by atoms with E-state index >= 15 is 0 Å². The molecule has 0 aliphatic carbocycles. The number of thiophene rings is 1. The van der Waals surface area contributed by atoms with Crippen LogP contribution in [0.15, 0.2) is 35.7 Å². The van der Waals surface area contributed by atoms with Crippen molar-refractivity contribution in [2.75, 3.05) is 26.2 Å². The Morgan fingerprint density at radius 2 is 1.83 bits per heavy atom. The minimum Gasteiger partial charge on any atom is -0.314 e. The molecule has 132 valence electrons. The van der Waals surface area contributed by atoms with E-state index in [1.165, 1.54) is 17.4 Å². The number of piperazine rings is 1. The van der Waals surface area contributed by atoms with Gasteiger partial charge in [0.2, 0.25) is 0 Å². The third-order valence-electron chi connectivity index (χ3n) is 3.94. The van der Waals surface area contributed by atoms with Crippen molar-refractivity contribution in [3.8, 4) is 0 Å². The number of rotatable bonds is 3. The van der Waals surface area contributed by atoms with E-state index in [0.717, 1.165) is 43.2 Å². The van der Waals surface area contributed by atoms with Crippen molar-refractivity contribution >= 4 is 23.7 Å². The minimum atomic E-state index is -4.69. The second kappa shape index (κ2) is 7.82. The first-order chi connectivity index (χ1) is 11.0. The highest BCUT2D eigenvalue weighted by molar-refractivity contribution is 7.10. The SMILES string of the molecule is Cl.Fc1ccc([C@@H](c2cccs2)N2CCNCC2)cc1C(F)(F)F. The van der Waals surface area contributed by atoms with Gasteiger partial charge in [-0.2, -0.15) is 13.2 Å². The zero-order valence-corrected chi connectivity index (χ0v) is 14.3. The van der Waals surface area contributed by atoms with Crippen molar-refractivity contribution in [3.63, 3.8) is 0 Å². The maximum Gasteiger partial charge on any atom is 0.419 e. The Balaban J connectivity index is 0.00000208. The Hall–Kier alpha value is -1.15. The van der Waals surface area contributed by atoms with Crippen molar-refractivity contribution in [1.29, 1.82) is 0 Å². The van der Waals surface area contributed by atoms with Crippen LogP contribution in [0.3, 0.4) is 0 Å². The van der Waals surface area contributed by atoms with E-state index in [1.807, 2.05) is 17.5 Å². The summed E-state index contributed by atoms with van der Waals surface area (Å²) >= 11 is 1.50. The van der Waals surface area contributed by atoms with Crippen LogP contribution in [0.2, 0.25) is 0 Å². The van der Waals surface area contributed by atoms with Gasteiger partial charge >= 0.3 is 6.18 Å². The normalized spacial score (nSPS) is 17.3. The second-order valence-electron chi connectivity index (χ2n) is 5.44. The molecule has 1 N–H and O–H groups in total. The van der Waals surface area contributed by atoms with E-state index in [4.69, 9.17) is 0 Å². The summed E-state index contributed by atoms with van der Waals surface area (Å²) in [5.74, 6) is -1.23. The van der Waals surface area contributed by atoms with Crippen molar-refractivity contribution in [3.05, 3.63) is 57.5 Å². The molecule has 8 heteroatoms. The smallest absolute Gasteiger partial charge is 0.314 e. The summed E-state index contributed by atoms with van der Waals surface area (Å²) in [6, 6.07) is 6.83. The highest BCUT2D eigenvalue weighted by atomic mass is 35.5. The van der Waals surface area contributed by atoms with Gasteiger partial charge in [-0.1, -0.05) is 12.1 Å². The van der Waals surface area contributed by atoms with E-state index in [9.17, 15) is 17.6 Å². The summed E-state index contributed by atoms with van der Waals surface area (Å²) in [4.78, 5) is 3.10. The first-order valence-electron chi connectivity index (χ1n) is 7.31. The fraction of sp³-hybridized carbons (Fsp3) is 0.375. The largest absolute Gasteiger partial charge is 0.419 e. The molecule has 1 saturated heterocycles. The minimum absolute atomic E-state index is 0. The van der Waals surface area contributed by atoms with Crippen LogP contribution in [0, 0.1) is 5.82 Å².